The lowest BCUT2D eigenvalue weighted by Crippen LogP contribution is -2.44. The van der Waals surface area contributed by atoms with Gasteiger partial charge >= 0.3 is 0 Å². The molecule has 0 bridgehead atoms. The SMILES string of the molecule is CCNC(=O)[C@@H](C)NC(=O)c1cc(C2CC2)nc2onc(C)c12. The van der Waals surface area contributed by atoms with Gasteiger partial charge in [0.15, 0.2) is 0 Å². The first kappa shape index (κ1) is 15.5. The van der Waals surface area contributed by atoms with Crippen molar-refractivity contribution < 1.29 is 14.1 Å². The number of carbonyl (C=O) groups is 2. The zero-order valence-electron chi connectivity index (χ0n) is 13.5. The lowest BCUT2D eigenvalue weighted by molar-refractivity contribution is -0.122. The third kappa shape index (κ3) is 3.04. The molecule has 1 aliphatic carbocycles. The summed E-state index contributed by atoms with van der Waals surface area (Å²) in [5, 5.41) is 9.93. The largest absolute Gasteiger partial charge is 0.355 e. The Hall–Kier alpha value is -2.44. The predicted octanol–water partition coefficient (Wildman–Crippen LogP) is 1.66. The molecule has 2 amide bonds. The Morgan fingerprint density at radius 2 is 2.17 bits per heavy atom. The second kappa shape index (κ2) is 5.98. The van der Waals surface area contributed by atoms with Gasteiger partial charge in [-0.15, -0.1) is 0 Å². The number of hydrogen-bond acceptors (Lipinski definition) is 5. The highest BCUT2D eigenvalue weighted by Crippen LogP contribution is 2.40. The number of pyridine rings is 1. The van der Waals surface area contributed by atoms with Crippen LogP contribution in [0.2, 0.25) is 0 Å². The molecule has 1 saturated carbocycles. The molecular weight excluding hydrogens is 296 g/mol. The normalized spacial score (nSPS) is 15.4. The summed E-state index contributed by atoms with van der Waals surface area (Å²) in [6.45, 7) is 5.79. The molecular formula is C16H20N4O3. The minimum Gasteiger partial charge on any atom is -0.355 e. The van der Waals surface area contributed by atoms with Crippen LogP contribution in [0.5, 0.6) is 0 Å². The number of rotatable bonds is 5. The van der Waals surface area contributed by atoms with Crippen LogP contribution in [0, 0.1) is 6.92 Å². The van der Waals surface area contributed by atoms with E-state index in [-0.39, 0.29) is 11.8 Å². The number of likely N-dealkylation sites (N-methyl/N-ethyl adjacent to an activating group) is 1. The lowest BCUT2D eigenvalue weighted by Gasteiger charge is -2.14. The van der Waals surface area contributed by atoms with E-state index in [9.17, 15) is 9.59 Å². The van der Waals surface area contributed by atoms with Gasteiger partial charge in [-0.3, -0.25) is 9.59 Å². The molecule has 0 unspecified atom stereocenters. The molecule has 7 nitrogen and oxygen atoms in total. The fraction of sp³-hybridized carbons (Fsp3) is 0.500. The summed E-state index contributed by atoms with van der Waals surface area (Å²) in [5.74, 6) is -0.142. The maximum absolute atomic E-state index is 12.6. The summed E-state index contributed by atoms with van der Waals surface area (Å²) in [6.07, 6.45) is 2.14. The first-order valence-corrected chi connectivity index (χ1v) is 7.86. The number of fused-ring (bicyclic) bond motifs is 1. The number of nitrogens with one attached hydrogen (secondary N) is 2. The van der Waals surface area contributed by atoms with Crippen LogP contribution in [-0.2, 0) is 4.79 Å². The maximum Gasteiger partial charge on any atom is 0.259 e. The van der Waals surface area contributed by atoms with Gasteiger partial charge in [-0.25, -0.2) is 4.98 Å². The topological polar surface area (TPSA) is 97.1 Å². The Bertz CT molecular complexity index is 764. The van der Waals surface area contributed by atoms with Crippen LogP contribution in [0.25, 0.3) is 11.1 Å². The van der Waals surface area contributed by atoms with E-state index in [1.807, 2.05) is 6.92 Å². The number of aryl methyl sites for hydroxylation is 1. The quantitative estimate of drug-likeness (QED) is 0.874. The van der Waals surface area contributed by atoms with Gasteiger partial charge in [0, 0.05) is 18.2 Å². The van der Waals surface area contributed by atoms with Crippen LogP contribution < -0.4 is 10.6 Å². The molecule has 1 atom stereocenters. The van der Waals surface area contributed by atoms with E-state index in [1.165, 1.54) is 0 Å². The van der Waals surface area contributed by atoms with Crippen LogP contribution in [0.15, 0.2) is 10.6 Å². The van der Waals surface area contributed by atoms with Crippen molar-refractivity contribution in [3.8, 4) is 0 Å². The Labute approximate surface area is 133 Å². The van der Waals surface area contributed by atoms with Crippen molar-refractivity contribution in [2.24, 2.45) is 0 Å². The van der Waals surface area contributed by atoms with Crippen molar-refractivity contribution in [2.75, 3.05) is 6.54 Å². The first-order valence-electron chi connectivity index (χ1n) is 7.86. The molecule has 122 valence electrons. The van der Waals surface area contributed by atoms with Crippen LogP contribution in [-0.4, -0.2) is 34.5 Å². The first-order chi connectivity index (χ1) is 11.0. The summed E-state index contributed by atoms with van der Waals surface area (Å²) in [7, 11) is 0. The molecule has 0 spiro atoms. The van der Waals surface area contributed by atoms with E-state index in [1.54, 1.807) is 19.9 Å². The molecule has 0 aliphatic heterocycles. The van der Waals surface area contributed by atoms with Crippen molar-refractivity contribution in [3.63, 3.8) is 0 Å². The highest BCUT2D eigenvalue weighted by Gasteiger charge is 2.29. The second-order valence-corrected chi connectivity index (χ2v) is 5.91. The van der Waals surface area contributed by atoms with Crippen LogP contribution in [0.4, 0.5) is 0 Å². The monoisotopic (exact) mass is 316 g/mol. The fourth-order valence-corrected chi connectivity index (χ4v) is 2.55. The zero-order valence-corrected chi connectivity index (χ0v) is 13.5. The summed E-state index contributed by atoms with van der Waals surface area (Å²) in [5.41, 5.74) is 2.31. The predicted molar refractivity (Wildman–Crippen MR) is 84.1 cm³/mol. The summed E-state index contributed by atoms with van der Waals surface area (Å²) in [4.78, 5) is 28.9. The van der Waals surface area contributed by atoms with Gasteiger partial charge in [-0.2, -0.15) is 0 Å². The Balaban J connectivity index is 1.92. The molecule has 7 heteroatoms. The van der Waals surface area contributed by atoms with Crippen molar-refractivity contribution in [1.82, 2.24) is 20.8 Å². The van der Waals surface area contributed by atoms with Gasteiger partial charge < -0.3 is 15.2 Å². The van der Waals surface area contributed by atoms with E-state index in [0.717, 1.165) is 18.5 Å². The number of aromatic nitrogens is 2. The van der Waals surface area contributed by atoms with E-state index in [2.05, 4.69) is 20.8 Å². The number of amides is 2. The molecule has 1 aliphatic rings. The average Bonchev–Trinajstić information content (AvgIpc) is 3.31. The van der Waals surface area contributed by atoms with Crippen molar-refractivity contribution in [3.05, 3.63) is 23.0 Å². The Morgan fingerprint density at radius 3 is 2.83 bits per heavy atom. The highest BCUT2D eigenvalue weighted by molar-refractivity contribution is 6.07. The molecule has 0 radical (unpaired) electrons. The molecule has 2 heterocycles. The van der Waals surface area contributed by atoms with Crippen molar-refractivity contribution >= 4 is 22.9 Å². The van der Waals surface area contributed by atoms with Crippen LogP contribution in [0.1, 0.15) is 54.4 Å². The minimum absolute atomic E-state index is 0.212. The molecule has 2 aromatic rings. The number of hydrogen-bond donors (Lipinski definition) is 2. The van der Waals surface area contributed by atoms with E-state index in [0.29, 0.717) is 34.8 Å². The van der Waals surface area contributed by atoms with Gasteiger partial charge in [-0.1, -0.05) is 5.16 Å². The second-order valence-electron chi connectivity index (χ2n) is 5.91. The molecule has 3 rings (SSSR count). The Kier molecular flexibility index (Phi) is 4.02. The smallest absolute Gasteiger partial charge is 0.259 e. The lowest BCUT2D eigenvalue weighted by atomic mass is 10.1. The Morgan fingerprint density at radius 1 is 1.43 bits per heavy atom. The van der Waals surface area contributed by atoms with E-state index >= 15 is 0 Å². The number of nitrogens with zero attached hydrogens (tertiary/aromatic N) is 2. The summed E-state index contributed by atoms with van der Waals surface area (Å²) < 4.78 is 5.23. The van der Waals surface area contributed by atoms with Gasteiger partial charge in [0.05, 0.1) is 16.6 Å². The summed E-state index contributed by atoms with van der Waals surface area (Å²) in [6, 6.07) is 1.18. The van der Waals surface area contributed by atoms with E-state index < -0.39 is 6.04 Å². The molecule has 0 saturated heterocycles. The van der Waals surface area contributed by atoms with Crippen LogP contribution in [0.3, 0.4) is 0 Å². The fourth-order valence-electron chi connectivity index (χ4n) is 2.55. The van der Waals surface area contributed by atoms with Gasteiger partial charge in [0.1, 0.15) is 6.04 Å². The highest BCUT2D eigenvalue weighted by atomic mass is 16.5. The zero-order chi connectivity index (χ0) is 16.6. The molecule has 2 aromatic heterocycles. The van der Waals surface area contributed by atoms with Crippen molar-refractivity contribution in [1.29, 1.82) is 0 Å². The minimum atomic E-state index is -0.616. The average molecular weight is 316 g/mol. The molecule has 23 heavy (non-hydrogen) atoms. The van der Waals surface area contributed by atoms with Crippen molar-refractivity contribution in [2.45, 2.75) is 45.6 Å². The van der Waals surface area contributed by atoms with Gasteiger partial charge in [0.2, 0.25) is 5.91 Å². The molecule has 0 aromatic carbocycles. The number of carbonyl (C=O) groups excluding carboxylic acids is 2. The van der Waals surface area contributed by atoms with E-state index in [4.69, 9.17) is 4.52 Å². The van der Waals surface area contributed by atoms with Crippen LogP contribution >= 0.6 is 0 Å². The summed E-state index contributed by atoms with van der Waals surface area (Å²) >= 11 is 0. The third-order valence-corrected chi connectivity index (χ3v) is 3.97. The standard InChI is InChI=1S/C16H20N4O3/c1-4-17-14(21)9(3)18-15(22)11-7-12(10-5-6-10)19-16-13(11)8(2)20-23-16/h7,9-10H,4-6H2,1-3H3,(H,17,21)(H,18,22)/t9-/m1/s1. The maximum atomic E-state index is 12.6. The van der Waals surface area contributed by atoms with Gasteiger partial charge in [-0.05, 0) is 39.7 Å². The third-order valence-electron chi connectivity index (χ3n) is 3.97. The molecule has 2 N–H and O–H groups in total. The van der Waals surface area contributed by atoms with Gasteiger partial charge in [0.25, 0.3) is 11.6 Å². The molecule has 1 fully saturated rings.